The first-order chi connectivity index (χ1) is 4.27. The fourth-order valence-electron chi connectivity index (χ4n) is 0.679. The van der Waals surface area contributed by atoms with Crippen molar-refractivity contribution in [1.82, 2.24) is 5.32 Å². The molecule has 0 spiro atoms. The molecule has 4 nitrogen and oxygen atoms in total. The maximum Gasteiger partial charge on any atom is 0.262 e. The summed E-state index contributed by atoms with van der Waals surface area (Å²) in [6.45, 7) is 2.73. The van der Waals surface area contributed by atoms with Crippen molar-refractivity contribution in [2.45, 2.75) is 12.8 Å². The molecule has 1 aliphatic heterocycles. The quantitative estimate of drug-likeness (QED) is 0.481. The Morgan fingerprint density at radius 3 is 2.56 bits per heavy atom. The van der Waals surface area contributed by atoms with Gasteiger partial charge in [-0.25, -0.2) is 9.98 Å². The van der Waals surface area contributed by atoms with Crippen LogP contribution in [0.15, 0.2) is 9.98 Å². The van der Waals surface area contributed by atoms with Crippen LogP contribution in [0.5, 0.6) is 0 Å². The van der Waals surface area contributed by atoms with Crippen molar-refractivity contribution in [3.63, 3.8) is 0 Å². The van der Waals surface area contributed by atoms with E-state index in [1.807, 2.05) is 6.92 Å². The second kappa shape index (κ2) is 2.24. The summed E-state index contributed by atoms with van der Waals surface area (Å²) in [7, 11) is 0. The highest BCUT2D eigenvalue weighted by Crippen LogP contribution is 2.01. The van der Waals surface area contributed by atoms with Crippen LogP contribution in [0.2, 0.25) is 0 Å². The van der Waals surface area contributed by atoms with E-state index in [0.717, 1.165) is 6.54 Å². The van der Waals surface area contributed by atoms with Gasteiger partial charge in [-0.2, -0.15) is 0 Å². The summed E-state index contributed by atoms with van der Waals surface area (Å²) in [5.41, 5.74) is 5.56. The van der Waals surface area contributed by atoms with Gasteiger partial charge < -0.3 is 0 Å². The van der Waals surface area contributed by atoms with E-state index < -0.39 is 5.91 Å². The highest BCUT2D eigenvalue weighted by Gasteiger charge is 2.20. The number of nitrogens with two attached hydrogens (primary N) is 1. The van der Waals surface area contributed by atoms with Crippen LogP contribution in [0, 0.1) is 0 Å². The first-order valence-electron chi connectivity index (χ1n) is 2.90. The Labute approximate surface area is 53.9 Å². The minimum Gasteiger partial charge on any atom is -0.275 e. The van der Waals surface area contributed by atoms with Gasteiger partial charge in [0.1, 0.15) is 0 Å². The molecule has 4 heteroatoms. The van der Waals surface area contributed by atoms with Crippen LogP contribution in [0.1, 0.15) is 6.92 Å². The van der Waals surface area contributed by atoms with Crippen LogP contribution in [0.25, 0.3) is 0 Å². The summed E-state index contributed by atoms with van der Waals surface area (Å²) in [4.78, 5) is 7.75. The van der Waals surface area contributed by atoms with Crippen LogP contribution in [-0.2, 0) is 0 Å². The van der Waals surface area contributed by atoms with Gasteiger partial charge in [-0.1, -0.05) is 6.92 Å². The Balaban J connectivity index is 2.53. The van der Waals surface area contributed by atoms with E-state index in [4.69, 9.17) is 5.73 Å². The number of nitrogens with one attached hydrogen (secondary N) is 1. The zero-order chi connectivity index (χ0) is 6.74. The lowest BCUT2D eigenvalue weighted by atomic mass is 10.6. The van der Waals surface area contributed by atoms with E-state index in [0.29, 0.717) is 0 Å². The standard InChI is InChI=1S/C5H10N4/c1-2-7-5(6)8-3-4-9-5/h3-4,7H,2,6H2,1H3. The van der Waals surface area contributed by atoms with Gasteiger partial charge >= 0.3 is 0 Å². The van der Waals surface area contributed by atoms with Crippen LogP contribution >= 0.6 is 0 Å². The number of nitrogens with zero attached hydrogens (tertiary/aromatic N) is 2. The molecule has 50 valence electrons. The minimum atomic E-state index is -0.866. The van der Waals surface area contributed by atoms with Crippen molar-refractivity contribution in [3.8, 4) is 0 Å². The first-order valence-corrected chi connectivity index (χ1v) is 2.90. The highest BCUT2D eigenvalue weighted by atomic mass is 15.4. The maximum absolute atomic E-state index is 5.56. The third kappa shape index (κ3) is 1.34. The number of hydrogen-bond acceptors (Lipinski definition) is 4. The zero-order valence-electron chi connectivity index (χ0n) is 5.33. The third-order valence-electron chi connectivity index (χ3n) is 1.05. The fraction of sp³-hybridized carbons (Fsp3) is 0.600. The Morgan fingerprint density at radius 1 is 1.56 bits per heavy atom. The molecular formula is C5H10N4. The molecule has 1 aliphatic rings. The topological polar surface area (TPSA) is 62.8 Å². The van der Waals surface area contributed by atoms with Crippen LogP contribution in [-0.4, -0.2) is 24.9 Å². The minimum absolute atomic E-state index is 0.769. The molecule has 0 aromatic carbocycles. The van der Waals surface area contributed by atoms with Crippen molar-refractivity contribution < 1.29 is 0 Å². The molecule has 0 atom stereocenters. The van der Waals surface area contributed by atoms with E-state index in [1.54, 1.807) is 12.4 Å². The molecule has 0 aromatic heterocycles. The van der Waals surface area contributed by atoms with Crippen molar-refractivity contribution in [2.75, 3.05) is 6.54 Å². The largest absolute Gasteiger partial charge is 0.275 e. The molecule has 1 rings (SSSR count). The molecule has 0 bridgehead atoms. The highest BCUT2D eigenvalue weighted by molar-refractivity contribution is 6.17. The van der Waals surface area contributed by atoms with Crippen molar-refractivity contribution in [2.24, 2.45) is 15.7 Å². The first kappa shape index (κ1) is 6.38. The number of hydrogen-bond donors (Lipinski definition) is 2. The molecule has 0 fully saturated rings. The summed E-state index contributed by atoms with van der Waals surface area (Å²) >= 11 is 0. The molecule has 0 unspecified atom stereocenters. The van der Waals surface area contributed by atoms with Gasteiger partial charge in [0.05, 0.1) is 0 Å². The van der Waals surface area contributed by atoms with Gasteiger partial charge in [0.25, 0.3) is 5.91 Å². The summed E-state index contributed by atoms with van der Waals surface area (Å²) in [5.74, 6) is -0.866. The lowest BCUT2D eigenvalue weighted by molar-refractivity contribution is 0.385. The van der Waals surface area contributed by atoms with E-state index in [2.05, 4.69) is 15.3 Å². The lowest BCUT2D eigenvalue weighted by Crippen LogP contribution is -2.48. The summed E-state index contributed by atoms with van der Waals surface area (Å²) < 4.78 is 0. The Kier molecular flexibility index (Phi) is 1.59. The van der Waals surface area contributed by atoms with Gasteiger partial charge in [-0.3, -0.25) is 11.1 Å². The number of rotatable bonds is 2. The van der Waals surface area contributed by atoms with E-state index in [9.17, 15) is 0 Å². The summed E-state index contributed by atoms with van der Waals surface area (Å²) in [5, 5.41) is 2.90. The van der Waals surface area contributed by atoms with Crippen LogP contribution in [0.4, 0.5) is 0 Å². The molecule has 0 radical (unpaired) electrons. The SMILES string of the molecule is CCNC1(N)N=CC=N1. The Hall–Kier alpha value is -0.740. The van der Waals surface area contributed by atoms with Gasteiger partial charge in [0, 0.05) is 12.4 Å². The predicted octanol–water partition coefficient (Wildman–Crippen LogP) is -0.679. The van der Waals surface area contributed by atoms with Crippen LogP contribution < -0.4 is 11.1 Å². The van der Waals surface area contributed by atoms with Crippen LogP contribution in [0.3, 0.4) is 0 Å². The molecular weight excluding hydrogens is 116 g/mol. The molecule has 0 saturated heterocycles. The normalized spacial score (nSPS) is 21.1. The summed E-state index contributed by atoms with van der Waals surface area (Å²) in [6, 6.07) is 0. The Morgan fingerprint density at radius 2 is 2.11 bits per heavy atom. The summed E-state index contributed by atoms with van der Waals surface area (Å²) in [6.07, 6.45) is 3.17. The lowest BCUT2D eigenvalue weighted by Gasteiger charge is -2.16. The number of aliphatic imine (C=N–C) groups is 2. The maximum atomic E-state index is 5.56. The van der Waals surface area contributed by atoms with E-state index in [1.165, 1.54) is 0 Å². The molecule has 0 amide bonds. The van der Waals surface area contributed by atoms with Crippen molar-refractivity contribution >= 4 is 12.4 Å². The van der Waals surface area contributed by atoms with Gasteiger partial charge in [-0.15, -0.1) is 0 Å². The smallest absolute Gasteiger partial charge is 0.262 e. The molecule has 1 heterocycles. The molecule has 3 N–H and O–H groups in total. The van der Waals surface area contributed by atoms with E-state index >= 15 is 0 Å². The van der Waals surface area contributed by atoms with Gasteiger partial charge in [0.2, 0.25) is 0 Å². The average molecular weight is 126 g/mol. The molecule has 0 saturated carbocycles. The second-order valence-electron chi connectivity index (χ2n) is 1.81. The fourth-order valence-corrected chi connectivity index (χ4v) is 0.679. The monoisotopic (exact) mass is 126 g/mol. The molecule has 0 aliphatic carbocycles. The van der Waals surface area contributed by atoms with Crippen molar-refractivity contribution in [3.05, 3.63) is 0 Å². The Bertz CT molecular complexity index is 137. The predicted molar refractivity (Wildman–Crippen MR) is 37.6 cm³/mol. The third-order valence-corrected chi connectivity index (χ3v) is 1.05. The second-order valence-corrected chi connectivity index (χ2v) is 1.81. The average Bonchev–Trinajstić information content (AvgIpc) is 2.16. The molecule has 9 heavy (non-hydrogen) atoms. The van der Waals surface area contributed by atoms with Gasteiger partial charge in [0.15, 0.2) is 0 Å². The molecule has 0 aromatic rings. The van der Waals surface area contributed by atoms with Gasteiger partial charge in [-0.05, 0) is 6.54 Å². The zero-order valence-corrected chi connectivity index (χ0v) is 5.33. The van der Waals surface area contributed by atoms with E-state index in [-0.39, 0.29) is 0 Å². The van der Waals surface area contributed by atoms with Crippen molar-refractivity contribution in [1.29, 1.82) is 0 Å².